The third-order valence-corrected chi connectivity index (χ3v) is 7.72. The molecule has 0 bridgehead atoms. The Labute approximate surface area is 162 Å². The molecule has 2 aliphatic heterocycles. The van der Waals surface area contributed by atoms with Crippen molar-refractivity contribution in [3.63, 3.8) is 0 Å². The van der Waals surface area contributed by atoms with E-state index in [-0.39, 0.29) is 5.69 Å². The van der Waals surface area contributed by atoms with Crippen LogP contribution >= 0.6 is 47.0 Å². The second kappa shape index (κ2) is 8.98. The number of allylic oxidation sites excluding steroid dienone is 3. The zero-order chi connectivity index (χ0) is 17.5. The molecule has 25 heavy (non-hydrogen) atoms. The van der Waals surface area contributed by atoms with Gasteiger partial charge in [0.25, 0.3) is 5.69 Å². The summed E-state index contributed by atoms with van der Waals surface area (Å²) in [5.41, 5.74) is 0.789. The molecule has 3 nitrogen and oxygen atoms in total. The summed E-state index contributed by atoms with van der Waals surface area (Å²) in [5.74, 6) is 11.9. The zero-order valence-electron chi connectivity index (χ0n) is 12.6. The molecule has 0 aromatic heterocycles. The van der Waals surface area contributed by atoms with Gasteiger partial charge >= 0.3 is 0 Å². The van der Waals surface area contributed by atoms with Crippen LogP contribution in [0.5, 0.6) is 0 Å². The second-order valence-electron chi connectivity index (χ2n) is 4.46. The van der Waals surface area contributed by atoms with Crippen LogP contribution in [0.3, 0.4) is 0 Å². The number of non-ortho nitro benzene ring substituents is 1. The van der Waals surface area contributed by atoms with Crippen molar-refractivity contribution in [3.05, 3.63) is 81.7 Å². The lowest BCUT2D eigenvalue weighted by Gasteiger charge is -1.98. The minimum atomic E-state index is -0.428. The van der Waals surface area contributed by atoms with Crippen LogP contribution in [0.1, 0.15) is 5.56 Å². The summed E-state index contributed by atoms with van der Waals surface area (Å²) in [5, 5.41) is 16.8. The van der Waals surface area contributed by atoms with Crippen molar-refractivity contribution in [2.75, 3.05) is 0 Å². The maximum absolute atomic E-state index is 10.6. The molecule has 0 saturated carbocycles. The topological polar surface area (TPSA) is 43.1 Å². The second-order valence-corrected chi connectivity index (χ2v) is 8.74. The van der Waals surface area contributed by atoms with Crippen LogP contribution in [0.4, 0.5) is 5.69 Å². The average molecular weight is 400 g/mol. The summed E-state index contributed by atoms with van der Waals surface area (Å²) >= 11 is 6.90. The van der Waals surface area contributed by atoms with Crippen LogP contribution in [-0.2, 0) is 0 Å². The number of nitrogens with zero attached hydrogens (tertiary/aromatic N) is 1. The normalized spacial score (nSPS) is 15.6. The molecule has 3 rings (SSSR count). The Morgan fingerprint density at radius 3 is 2.28 bits per heavy atom. The standard InChI is InChI=1S/C18H9NO2S4/c20-19(21)15-9-7-14(8-10-15)5-3-1-2-4-6-16-13-24-18(25-16)17-22-11-12-23-17/h1-2,7-13H/b2-1-. The monoisotopic (exact) mass is 399 g/mol. The van der Waals surface area contributed by atoms with Gasteiger partial charge in [-0.3, -0.25) is 10.1 Å². The van der Waals surface area contributed by atoms with E-state index in [0.717, 1.165) is 10.5 Å². The molecule has 0 amide bonds. The number of nitro groups is 1. The first kappa shape index (κ1) is 17.9. The largest absolute Gasteiger partial charge is 0.269 e. The minimum absolute atomic E-state index is 0.0617. The Balaban J connectivity index is 1.52. The van der Waals surface area contributed by atoms with Crippen LogP contribution in [0.15, 0.2) is 66.0 Å². The Hall–Kier alpha value is -1.90. The van der Waals surface area contributed by atoms with Crippen molar-refractivity contribution in [3.8, 4) is 23.7 Å². The van der Waals surface area contributed by atoms with E-state index in [1.54, 1.807) is 71.3 Å². The fraction of sp³-hybridized carbons (Fsp3) is 0. The van der Waals surface area contributed by atoms with Gasteiger partial charge in [0.1, 0.15) is 0 Å². The van der Waals surface area contributed by atoms with E-state index in [1.165, 1.54) is 20.6 Å². The molecule has 0 fully saturated rings. The van der Waals surface area contributed by atoms with Gasteiger partial charge in [-0.2, -0.15) is 0 Å². The molecule has 0 atom stereocenters. The molecular formula is C18H9NO2S4. The lowest BCUT2D eigenvalue weighted by atomic mass is 10.2. The average Bonchev–Trinajstić information content (AvgIpc) is 3.29. The van der Waals surface area contributed by atoms with Gasteiger partial charge in [-0.05, 0) is 40.5 Å². The molecule has 0 unspecified atom stereocenters. The third kappa shape index (κ3) is 5.29. The summed E-state index contributed by atoms with van der Waals surface area (Å²) < 4.78 is 2.60. The van der Waals surface area contributed by atoms with Gasteiger partial charge in [0.05, 0.1) is 18.3 Å². The summed E-state index contributed by atoms with van der Waals surface area (Å²) in [7, 11) is 0. The lowest BCUT2D eigenvalue weighted by Crippen LogP contribution is -1.86. The Kier molecular flexibility index (Phi) is 6.43. The maximum atomic E-state index is 10.6. The molecule has 1 aromatic carbocycles. The number of rotatable bonds is 1. The van der Waals surface area contributed by atoms with Gasteiger partial charge in [-0.15, -0.1) is 0 Å². The summed E-state index contributed by atoms with van der Waals surface area (Å²) in [4.78, 5) is 11.2. The Morgan fingerprint density at radius 2 is 1.60 bits per heavy atom. The van der Waals surface area contributed by atoms with Crippen LogP contribution in [-0.4, -0.2) is 4.92 Å². The van der Waals surface area contributed by atoms with Crippen molar-refractivity contribution in [1.82, 2.24) is 0 Å². The Morgan fingerprint density at radius 1 is 0.920 bits per heavy atom. The van der Waals surface area contributed by atoms with Gasteiger partial charge in [-0.1, -0.05) is 70.7 Å². The predicted octanol–water partition coefficient (Wildman–Crippen LogP) is 5.91. The highest BCUT2D eigenvalue weighted by molar-refractivity contribution is 8.33. The van der Waals surface area contributed by atoms with Gasteiger partial charge in [0.15, 0.2) is 0 Å². The lowest BCUT2D eigenvalue weighted by molar-refractivity contribution is -0.384. The fourth-order valence-electron chi connectivity index (χ4n) is 1.69. The van der Waals surface area contributed by atoms with Crippen LogP contribution in [0.25, 0.3) is 0 Å². The number of hydrogen-bond acceptors (Lipinski definition) is 6. The van der Waals surface area contributed by atoms with E-state index < -0.39 is 4.92 Å². The molecule has 7 heteroatoms. The van der Waals surface area contributed by atoms with Crippen molar-refractivity contribution in [1.29, 1.82) is 0 Å². The molecule has 2 aliphatic rings. The summed E-state index contributed by atoms with van der Waals surface area (Å²) in [6.45, 7) is 0. The van der Waals surface area contributed by atoms with Gasteiger partial charge in [0, 0.05) is 17.7 Å². The molecular weight excluding hydrogens is 390 g/mol. The molecule has 1 aromatic rings. The van der Waals surface area contributed by atoms with E-state index in [2.05, 4.69) is 39.9 Å². The van der Waals surface area contributed by atoms with E-state index in [4.69, 9.17) is 0 Å². The first-order chi connectivity index (χ1) is 12.2. The minimum Gasteiger partial charge on any atom is -0.258 e. The number of thioether (sulfide) groups is 4. The maximum Gasteiger partial charge on any atom is 0.269 e. The quantitative estimate of drug-likeness (QED) is 0.332. The molecule has 0 saturated heterocycles. The van der Waals surface area contributed by atoms with E-state index in [0.29, 0.717) is 0 Å². The van der Waals surface area contributed by atoms with Gasteiger partial charge in [-0.25, -0.2) is 0 Å². The van der Waals surface area contributed by atoms with Crippen molar-refractivity contribution < 1.29 is 4.92 Å². The highest BCUT2D eigenvalue weighted by Crippen LogP contribution is 2.52. The molecule has 0 aliphatic carbocycles. The number of hydrogen-bond donors (Lipinski definition) is 0. The van der Waals surface area contributed by atoms with E-state index in [9.17, 15) is 10.1 Å². The molecule has 0 N–H and O–H groups in total. The van der Waals surface area contributed by atoms with Crippen LogP contribution < -0.4 is 0 Å². The molecule has 122 valence electrons. The number of benzene rings is 1. The first-order valence-electron chi connectivity index (χ1n) is 6.92. The first-order valence-corrected chi connectivity index (χ1v) is 10.4. The van der Waals surface area contributed by atoms with Gasteiger partial charge < -0.3 is 0 Å². The number of nitro benzene ring substituents is 1. The predicted molar refractivity (Wildman–Crippen MR) is 112 cm³/mol. The van der Waals surface area contributed by atoms with Crippen LogP contribution in [0, 0.1) is 33.8 Å². The summed E-state index contributed by atoms with van der Waals surface area (Å²) in [6.07, 6.45) is 3.38. The third-order valence-electron chi connectivity index (χ3n) is 2.79. The molecule has 2 heterocycles. The van der Waals surface area contributed by atoms with Crippen molar-refractivity contribution in [2.45, 2.75) is 0 Å². The summed E-state index contributed by atoms with van der Waals surface area (Å²) in [6, 6.07) is 6.14. The van der Waals surface area contributed by atoms with Crippen molar-refractivity contribution in [2.24, 2.45) is 0 Å². The fourth-order valence-corrected chi connectivity index (χ4v) is 5.95. The van der Waals surface area contributed by atoms with Crippen molar-refractivity contribution >= 4 is 52.7 Å². The molecule has 0 spiro atoms. The van der Waals surface area contributed by atoms with Crippen LogP contribution in [0.2, 0.25) is 0 Å². The zero-order valence-corrected chi connectivity index (χ0v) is 15.9. The smallest absolute Gasteiger partial charge is 0.258 e. The Bertz CT molecular complexity index is 925. The molecule has 0 radical (unpaired) electrons. The highest BCUT2D eigenvalue weighted by atomic mass is 32.2. The van der Waals surface area contributed by atoms with E-state index in [1.807, 2.05) is 0 Å². The SMILES string of the molecule is O=[N+]([O-])c1ccc(C#C/C=C\C#CC2=CSC(=C3SC=CS3)S2)cc1. The highest BCUT2D eigenvalue weighted by Gasteiger charge is 2.17. The van der Waals surface area contributed by atoms with Gasteiger partial charge in [0.2, 0.25) is 0 Å². The van der Waals surface area contributed by atoms with E-state index >= 15 is 0 Å².